The smallest absolute Gasteiger partial charge is 0.459 e. The molecule has 1 aromatic carbocycles. The molecular formula is C32H44N5O11P. The number of fused-ring (bicyclic) bond motifs is 1. The summed E-state index contributed by atoms with van der Waals surface area (Å²) in [6.07, 6.45) is -2.33. The van der Waals surface area contributed by atoms with E-state index in [9.17, 15) is 18.9 Å². The number of nitrogen functional groups attached to an aromatic ring is 1. The molecule has 6 atom stereocenters. The number of carbonyl (C=O) groups is 3. The molecule has 268 valence electrons. The van der Waals surface area contributed by atoms with Gasteiger partial charge in [0.1, 0.15) is 41.9 Å². The van der Waals surface area contributed by atoms with Gasteiger partial charge in [0, 0.05) is 20.0 Å². The van der Waals surface area contributed by atoms with Crippen molar-refractivity contribution < 1.29 is 51.7 Å². The van der Waals surface area contributed by atoms with Gasteiger partial charge in [0.25, 0.3) is 0 Å². The van der Waals surface area contributed by atoms with Gasteiger partial charge < -0.3 is 33.9 Å². The van der Waals surface area contributed by atoms with Crippen molar-refractivity contribution in [3.63, 3.8) is 0 Å². The molecule has 0 aliphatic carbocycles. The predicted octanol–water partition coefficient (Wildman–Crippen LogP) is 3.72. The monoisotopic (exact) mass is 705 g/mol. The van der Waals surface area contributed by atoms with Crippen LogP contribution in [0.3, 0.4) is 0 Å². The van der Waals surface area contributed by atoms with Gasteiger partial charge >= 0.3 is 25.7 Å². The Bertz CT molecular complexity index is 1670. The number of anilines is 1. The highest BCUT2D eigenvalue weighted by Gasteiger charge is 2.59. The molecule has 0 amide bonds. The van der Waals surface area contributed by atoms with Gasteiger partial charge in [0.2, 0.25) is 0 Å². The summed E-state index contributed by atoms with van der Waals surface area (Å²) in [5.74, 6) is -1.56. The van der Waals surface area contributed by atoms with Crippen LogP contribution in [0.2, 0.25) is 0 Å². The fraction of sp³-hybridized carbons (Fsp3) is 0.531. The molecule has 3 heterocycles. The van der Waals surface area contributed by atoms with Crippen LogP contribution in [-0.4, -0.2) is 82.8 Å². The molecule has 17 heteroatoms. The van der Waals surface area contributed by atoms with Crippen molar-refractivity contribution in [2.75, 3.05) is 26.1 Å². The number of carbonyl (C=O) groups excluding carboxylic acids is 3. The molecule has 1 fully saturated rings. The van der Waals surface area contributed by atoms with Crippen molar-refractivity contribution in [1.29, 1.82) is 0 Å². The van der Waals surface area contributed by atoms with E-state index in [2.05, 4.69) is 15.2 Å². The highest BCUT2D eigenvalue weighted by Crippen LogP contribution is 2.48. The van der Waals surface area contributed by atoms with Gasteiger partial charge in [-0.15, -0.1) is 0 Å². The third kappa shape index (κ3) is 8.94. The van der Waals surface area contributed by atoms with Gasteiger partial charge in [-0.25, -0.2) is 14.1 Å². The highest BCUT2D eigenvalue weighted by molar-refractivity contribution is 7.52. The predicted molar refractivity (Wildman–Crippen MR) is 175 cm³/mol. The number of nitrogens with two attached hydrogens (primary N) is 1. The summed E-state index contributed by atoms with van der Waals surface area (Å²) < 4.78 is 56.4. The molecule has 0 bridgehead atoms. The van der Waals surface area contributed by atoms with Crippen LogP contribution in [0.15, 0.2) is 48.8 Å². The number of nitrogens with one attached hydrogen (secondary N) is 1. The van der Waals surface area contributed by atoms with Crippen LogP contribution in [-0.2, 0) is 52.8 Å². The van der Waals surface area contributed by atoms with E-state index in [1.165, 1.54) is 24.9 Å². The number of nitrogens with zero attached hydrogens (tertiary/aromatic N) is 3. The Morgan fingerprint density at radius 1 is 1.10 bits per heavy atom. The lowest BCUT2D eigenvalue weighted by atomic mass is 9.92. The maximum atomic E-state index is 14.3. The Balaban J connectivity index is 1.68. The van der Waals surface area contributed by atoms with E-state index in [0.717, 1.165) is 0 Å². The van der Waals surface area contributed by atoms with E-state index < -0.39 is 67.8 Å². The zero-order chi connectivity index (χ0) is 36.0. The van der Waals surface area contributed by atoms with Gasteiger partial charge in [-0.1, -0.05) is 32.0 Å². The summed E-state index contributed by atoms with van der Waals surface area (Å²) >= 11 is 0. The minimum atomic E-state index is -4.40. The number of hydrogen-bond acceptors (Lipinski definition) is 14. The topological polar surface area (TPSA) is 201 Å². The fourth-order valence-electron chi connectivity index (χ4n) is 5.00. The maximum absolute atomic E-state index is 14.3. The first-order chi connectivity index (χ1) is 23.1. The molecular weight excluding hydrogens is 661 g/mol. The van der Waals surface area contributed by atoms with E-state index in [1.54, 1.807) is 77.1 Å². The first-order valence-electron chi connectivity index (χ1n) is 15.8. The molecule has 3 aromatic rings. The number of para-hydroxylation sites is 1. The number of aromatic nitrogens is 3. The average molecular weight is 706 g/mol. The maximum Gasteiger partial charge on any atom is 0.459 e. The molecule has 49 heavy (non-hydrogen) atoms. The molecule has 3 N–H and O–H groups in total. The Kier molecular flexibility index (Phi) is 12.0. The van der Waals surface area contributed by atoms with Crippen LogP contribution in [0.5, 0.6) is 5.75 Å². The quantitative estimate of drug-likeness (QED) is 0.124. The molecule has 16 nitrogen and oxygen atoms in total. The largest absolute Gasteiger partial charge is 0.461 e. The average Bonchev–Trinajstić information content (AvgIpc) is 3.63. The Labute approximate surface area is 284 Å². The standard InChI is InChI=1S/C32H44N5O11P/c1-8-25(38)45-27-23(47-32(6,28(27)46-26(39)9-2)24-16-15-22-29(33)34-19-35-37(22)24)17-44-49(41,48-21-13-11-10-12-14-21)36-20(3)30(40)43-18-31(4,5)42-7/h10-16,19-20,23,27-28H,8-9,17-18H2,1-7H3,(H,36,41)(H2,33,34,35)/t20-,23+,27+,28+,32-,49?/m0/s1. The molecule has 1 aliphatic heterocycles. The lowest BCUT2D eigenvalue weighted by Crippen LogP contribution is -2.45. The van der Waals surface area contributed by atoms with E-state index in [0.29, 0.717) is 11.2 Å². The van der Waals surface area contributed by atoms with Gasteiger partial charge in [-0.3, -0.25) is 18.9 Å². The number of benzene rings is 1. The number of esters is 3. The van der Waals surface area contributed by atoms with Crippen molar-refractivity contribution >= 4 is 37.0 Å². The molecule has 1 aliphatic rings. The van der Waals surface area contributed by atoms with Crippen molar-refractivity contribution in [2.45, 2.75) is 89.9 Å². The summed E-state index contributed by atoms with van der Waals surface area (Å²) in [5.41, 5.74) is 4.70. The third-order valence-corrected chi connectivity index (χ3v) is 9.54. The molecule has 0 spiro atoms. The second kappa shape index (κ2) is 15.6. The minimum Gasteiger partial charge on any atom is -0.461 e. The number of methoxy groups -OCH3 is 1. The van der Waals surface area contributed by atoms with Crippen LogP contribution in [0.1, 0.15) is 60.1 Å². The summed E-state index contributed by atoms with van der Waals surface area (Å²) in [6.45, 7) is 9.22. The second-order valence-electron chi connectivity index (χ2n) is 12.1. The van der Waals surface area contributed by atoms with Crippen molar-refractivity contribution in [1.82, 2.24) is 19.7 Å². The van der Waals surface area contributed by atoms with Crippen molar-refractivity contribution in [3.8, 4) is 5.75 Å². The minimum absolute atomic E-state index is 0.00369. The number of ether oxygens (including phenoxy) is 5. The molecule has 4 rings (SSSR count). The lowest BCUT2D eigenvalue weighted by molar-refractivity contribution is -0.170. The van der Waals surface area contributed by atoms with E-state index in [4.69, 9.17) is 38.5 Å². The van der Waals surface area contributed by atoms with Gasteiger partial charge in [-0.2, -0.15) is 10.2 Å². The summed E-state index contributed by atoms with van der Waals surface area (Å²) in [4.78, 5) is 42.4. The Hall–Kier alpha value is -4.08. The van der Waals surface area contributed by atoms with Crippen LogP contribution in [0.4, 0.5) is 5.82 Å². The Morgan fingerprint density at radius 2 is 1.78 bits per heavy atom. The first kappa shape index (κ1) is 37.7. The van der Waals surface area contributed by atoms with Gasteiger partial charge in [0.05, 0.1) is 17.9 Å². The molecule has 1 unspecified atom stereocenters. The van der Waals surface area contributed by atoms with E-state index in [-0.39, 0.29) is 31.0 Å². The van der Waals surface area contributed by atoms with Crippen LogP contribution in [0.25, 0.3) is 5.52 Å². The normalized spacial score (nSPS) is 22.6. The molecule has 1 saturated heterocycles. The zero-order valence-electron chi connectivity index (χ0n) is 28.6. The molecule has 0 saturated carbocycles. The second-order valence-corrected chi connectivity index (χ2v) is 13.8. The summed E-state index contributed by atoms with van der Waals surface area (Å²) in [5, 5.41) is 6.94. The fourth-order valence-corrected chi connectivity index (χ4v) is 6.50. The SMILES string of the molecule is CCC(=O)O[C@H]1[C@@H](OC(=O)CC)[C@](C)(c2ccc3c(N)ncnn23)O[C@@H]1COP(=O)(N[C@@H](C)C(=O)OCC(C)(C)OC)Oc1ccccc1. The Morgan fingerprint density at radius 3 is 2.43 bits per heavy atom. The number of rotatable bonds is 16. The lowest BCUT2D eigenvalue weighted by Gasteiger charge is -2.31. The van der Waals surface area contributed by atoms with Gasteiger partial charge in [0.15, 0.2) is 18.0 Å². The van der Waals surface area contributed by atoms with Crippen LogP contribution < -0.4 is 15.3 Å². The first-order valence-corrected chi connectivity index (χ1v) is 17.3. The van der Waals surface area contributed by atoms with Crippen LogP contribution in [0, 0.1) is 0 Å². The van der Waals surface area contributed by atoms with Crippen LogP contribution >= 0.6 is 7.75 Å². The highest BCUT2D eigenvalue weighted by atomic mass is 31.2. The molecule has 2 aromatic heterocycles. The zero-order valence-corrected chi connectivity index (χ0v) is 29.5. The van der Waals surface area contributed by atoms with Crippen molar-refractivity contribution in [2.24, 2.45) is 0 Å². The third-order valence-electron chi connectivity index (χ3n) is 7.90. The van der Waals surface area contributed by atoms with Gasteiger partial charge in [-0.05, 0) is 52.0 Å². The number of hydrogen-bond donors (Lipinski definition) is 2. The summed E-state index contributed by atoms with van der Waals surface area (Å²) in [7, 11) is -2.91. The van der Waals surface area contributed by atoms with E-state index in [1.807, 2.05) is 0 Å². The molecule has 0 radical (unpaired) electrons. The van der Waals surface area contributed by atoms with E-state index >= 15 is 0 Å². The van der Waals surface area contributed by atoms with Crippen molar-refractivity contribution in [3.05, 3.63) is 54.5 Å². The summed E-state index contributed by atoms with van der Waals surface area (Å²) in [6, 6.07) is 10.4.